The van der Waals surface area contributed by atoms with Gasteiger partial charge in [-0.1, -0.05) is 0 Å². The standard InChI is InChI=1S/C11H18N4O3/c1-7-9(11(17)14-13-7)4-10(16)15-2-3-18-8(5-12)6-15/h8H,2-6,12H2,1H3,(H2,13,14,17)/t8-/m0/s1. The zero-order valence-corrected chi connectivity index (χ0v) is 10.4. The molecule has 1 atom stereocenters. The third kappa shape index (κ3) is 2.62. The van der Waals surface area contributed by atoms with E-state index >= 15 is 0 Å². The Kier molecular flexibility index (Phi) is 3.83. The highest BCUT2D eigenvalue weighted by molar-refractivity contribution is 5.79. The molecule has 0 aromatic carbocycles. The Morgan fingerprint density at radius 1 is 1.56 bits per heavy atom. The zero-order chi connectivity index (χ0) is 13.1. The first-order valence-corrected chi connectivity index (χ1v) is 5.97. The van der Waals surface area contributed by atoms with Gasteiger partial charge in [0.15, 0.2) is 0 Å². The van der Waals surface area contributed by atoms with Crippen molar-refractivity contribution in [3.8, 4) is 0 Å². The molecule has 1 fully saturated rings. The van der Waals surface area contributed by atoms with Gasteiger partial charge in [-0.3, -0.25) is 14.7 Å². The van der Waals surface area contributed by atoms with E-state index in [4.69, 9.17) is 10.5 Å². The molecular weight excluding hydrogens is 236 g/mol. The molecule has 1 aromatic heterocycles. The van der Waals surface area contributed by atoms with E-state index in [0.717, 1.165) is 0 Å². The van der Waals surface area contributed by atoms with Crippen molar-refractivity contribution in [2.45, 2.75) is 19.4 Å². The van der Waals surface area contributed by atoms with Crippen LogP contribution in [-0.2, 0) is 16.0 Å². The molecule has 1 aromatic rings. The number of nitrogens with one attached hydrogen (secondary N) is 2. The van der Waals surface area contributed by atoms with Crippen LogP contribution in [0.3, 0.4) is 0 Å². The first-order valence-electron chi connectivity index (χ1n) is 5.97. The van der Waals surface area contributed by atoms with E-state index in [0.29, 0.717) is 37.5 Å². The largest absolute Gasteiger partial charge is 0.373 e. The molecule has 100 valence electrons. The highest BCUT2D eigenvalue weighted by Crippen LogP contribution is 2.07. The van der Waals surface area contributed by atoms with Crippen LogP contribution in [0.1, 0.15) is 11.3 Å². The van der Waals surface area contributed by atoms with Crippen molar-refractivity contribution < 1.29 is 9.53 Å². The average Bonchev–Trinajstić information content (AvgIpc) is 2.70. The zero-order valence-electron chi connectivity index (χ0n) is 10.4. The fourth-order valence-corrected chi connectivity index (χ4v) is 2.04. The van der Waals surface area contributed by atoms with Crippen LogP contribution in [0.15, 0.2) is 4.79 Å². The number of rotatable bonds is 3. The Labute approximate surface area is 104 Å². The summed E-state index contributed by atoms with van der Waals surface area (Å²) in [6.45, 7) is 3.71. The normalized spacial score (nSPS) is 20.1. The summed E-state index contributed by atoms with van der Waals surface area (Å²) >= 11 is 0. The maximum absolute atomic E-state index is 12.1. The third-order valence-corrected chi connectivity index (χ3v) is 3.17. The van der Waals surface area contributed by atoms with Gasteiger partial charge in [-0.25, -0.2) is 0 Å². The van der Waals surface area contributed by atoms with Crippen LogP contribution in [0.4, 0.5) is 0 Å². The Morgan fingerprint density at radius 2 is 2.33 bits per heavy atom. The van der Waals surface area contributed by atoms with Crippen molar-refractivity contribution in [3.05, 3.63) is 21.6 Å². The smallest absolute Gasteiger partial charge is 0.267 e. The molecule has 7 nitrogen and oxygen atoms in total. The molecule has 1 aliphatic heterocycles. The first-order chi connectivity index (χ1) is 8.61. The summed E-state index contributed by atoms with van der Waals surface area (Å²) in [5.41, 5.74) is 6.50. The lowest BCUT2D eigenvalue weighted by Gasteiger charge is -2.32. The molecule has 1 saturated heterocycles. The van der Waals surface area contributed by atoms with Crippen LogP contribution in [0.25, 0.3) is 0 Å². The molecule has 1 aliphatic rings. The minimum absolute atomic E-state index is 0.0649. The van der Waals surface area contributed by atoms with Crippen LogP contribution in [0.5, 0.6) is 0 Å². The molecule has 0 bridgehead atoms. The summed E-state index contributed by atoms with van der Waals surface area (Å²) in [6.07, 6.45) is 0.00963. The molecule has 0 unspecified atom stereocenters. The summed E-state index contributed by atoms with van der Waals surface area (Å²) in [7, 11) is 0. The fourth-order valence-electron chi connectivity index (χ4n) is 2.04. The highest BCUT2D eigenvalue weighted by Gasteiger charge is 2.24. The third-order valence-electron chi connectivity index (χ3n) is 3.17. The maximum Gasteiger partial charge on any atom is 0.267 e. The number of aryl methyl sites for hydroxylation is 1. The van der Waals surface area contributed by atoms with Crippen molar-refractivity contribution in [1.29, 1.82) is 0 Å². The first kappa shape index (κ1) is 12.8. The Morgan fingerprint density at radius 3 is 2.94 bits per heavy atom. The summed E-state index contributed by atoms with van der Waals surface area (Å²) in [5.74, 6) is -0.0649. The molecule has 0 radical (unpaired) electrons. The molecule has 0 aliphatic carbocycles. The highest BCUT2D eigenvalue weighted by atomic mass is 16.5. The van der Waals surface area contributed by atoms with Gasteiger partial charge in [0, 0.05) is 30.9 Å². The number of hydrogen-bond donors (Lipinski definition) is 3. The predicted molar refractivity (Wildman–Crippen MR) is 65.2 cm³/mol. The minimum Gasteiger partial charge on any atom is -0.373 e. The van der Waals surface area contributed by atoms with Gasteiger partial charge in [-0.15, -0.1) is 0 Å². The SMILES string of the molecule is Cc1[nH][nH]c(=O)c1CC(=O)N1CCO[C@@H](CN)C1. The molecule has 18 heavy (non-hydrogen) atoms. The number of nitrogens with zero attached hydrogens (tertiary/aromatic N) is 1. The predicted octanol–water partition coefficient (Wildman–Crippen LogP) is -1.26. The van der Waals surface area contributed by atoms with E-state index in [1.54, 1.807) is 11.8 Å². The lowest BCUT2D eigenvalue weighted by Crippen LogP contribution is -2.48. The number of H-pyrrole nitrogens is 2. The molecule has 7 heteroatoms. The monoisotopic (exact) mass is 254 g/mol. The van der Waals surface area contributed by atoms with Crippen molar-refractivity contribution in [3.63, 3.8) is 0 Å². The van der Waals surface area contributed by atoms with Gasteiger partial charge in [-0.2, -0.15) is 0 Å². The van der Waals surface area contributed by atoms with Gasteiger partial charge in [0.05, 0.1) is 19.1 Å². The van der Waals surface area contributed by atoms with Crippen molar-refractivity contribution in [2.24, 2.45) is 5.73 Å². The summed E-state index contributed by atoms with van der Waals surface area (Å²) < 4.78 is 5.40. The number of aromatic amines is 2. The molecule has 2 heterocycles. The Bertz CT molecular complexity index is 479. The van der Waals surface area contributed by atoms with Gasteiger partial charge in [0.2, 0.25) is 5.91 Å². The Hall–Kier alpha value is -1.60. The van der Waals surface area contributed by atoms with Gasteiger partial charge >= 0.3 is 0 Å². The Balaban J connectivity index is 2.02. The number of morpholine rings is 1. The topological polar surface area (TPSA) is 104 Å². The number of nitrogens with two attached hydrogens (primary N) is 1. The summed E-state index contributed by atoms with van der Waals surface area (Å²) in [5, 5.41) is 5.18. The molecule has 2 rings (SSSR count). The van der Waals surface area contributed by atoms with Gasteiger partial charge in [0.25, 0.3) is 5.56 Å². The van der Waals surface area contributed by atoms with Crippen molar-refractivity contribution in [1.82, 2.24) is 15.1 Å². The quantitative estimate of drug-likeness (QED) is 0.626. The van der Waals surface area contributed by atoms with Gasteiger partial charge < -0.3 is 20.5 Å². The molecular formula is C11H18N4O3. The summed E-state index contributed by atoms with van der Waals surface area (Å²) in [6, 6.07) is 0. The lowest BCUT2D eigenvalue weighted by atomic mass is 10.1. The van der Waals surface area contributed by atoms with Crippen molar-refractivity contribution >= 4 is 5.91 Å². The minimum atomic E-state index is -0.232. The second-order valence-corrected chi connectivity index (χ2v) is 4.43. The van der Waals surface area contributed by atoms with E-state index in [-0.39, 0.29) is 24.0 Å². The summed E-state index contributed by atoms with van der Waals surface area (Å²) in [4.78, 5) is 25.3. The number of carbonyl (C=O) groups excluding carboxylic acids is 1. The van der Waals surface area contributed by atoms with Crippen LogP contribution >= 0.6 is 0 Å². The number of amides is 1. The van der Waals surface area contributed by atoms with Gasteiger partial charge in [0.1, 0.15) is 0 Å². The van der Waals surface area contributed by atoms with E-state index < -0.39 is 0 Å². The lowest BCUT2D eigenvalue weighted by molar-refractivity contribution is -0.137. The van der Waals surface area contributed by atoms with E-state index in [1.807, 2.05) is 0 Å². The second kappa shape index (κ2) is 5.36. The van der Waals surface area contributed by atoms with Crippen molar-refractivity contribution in [2.75, 3.05) is 26.2 Å². The number of aromatic nitrogens is 2. The van der Waals surface area contributed by atoms with Crippen LogP contribution < -0.4 is 11.3 Å². The van der Waals surface area contributed by atoms with Crippen LogP contribution in [-0.4, -0.2) is 53.3 Å². The number of ether oxygens (including phenoxy) is 1. The second-order valence-electron chi connectivity index (χ2n) is 4.43. The number of carbonyl (C=O) groups is 1. The number of hydrogen-bond acceptors (Lipinski definition) is 4. The molecule has 0 spiro atoms. The molecule has 4 N–H and O–H groups in total. The van der Waals surface area contributed by atoms with E-state index in [9.17, 15) is 9.59 Å². The van der Waals surface area contributed by atoms with E-state index in [1.165, 1.54) is 0 Å². The molecule has 0 saturated carbocycles. The van der Waals surface area contributed by atoms with Crippen LogP contribution in [0, 0.1) is 6.92 Å². The fraction of sp³-hybridized carbons (Fsp3) is 0.636. The maximum atomic E-state index is 12.1. The molecule has 1 amide bonds. The van der Waals surface area contributed by atoms with Crippen LogP contribution in [0.2, 0.25) is 0 Å². The van der Waals surface area contributed by atoms with Gasteiger partial charge in [-0.05, 0) is 6.92 Å². The average molecular weight is 254 g/mol. The van der Waals surface area contributed by atoms with E-state index in [2.05, 4.69) is 10.2 Å².